The fourth-order valence-corrected chi connectivity index (χ4v) is 2.67. The van der Waals surface area contributed by atoms with E-state index in [2.05, 4.69) is 45.9 Å². The third kappa shape index (κ3) is 2.65. The highest BCUT2D eigenvalue weighted by atomic mass is 16.3. The molecule has 1 nitrogen and oxygen atoms in total. The van der Waals surface area contributed by atoms with Crippen molar-refractivity contribution in [1.29, 1.82) is 0 Å². The van der Waals surface area contributed by atoms with Crippen LogP contribution in [0.4, 0.5) is 0 Å². The maximum atomic E-state index is 10.1. The number of benzene rings is 2. The quantitative estimate of drug-likeness (QED) is 0.787. The second-order valence-electron chi connectivity index (χ2n) is 5.64. The van der Waals surface area contributed by atoms with Gasteiger partial charge in [0.2, 0.25) is 0 Å². The number of hydrogen-bond donors (Lipinski definition) is 1. The molecule has 19 heavy (non-hydrogen) atoms. The topological polar surface area (TPSA) is 20.2 Å². The third-order valence-corrected chi connectivity index (χ3v) is 3.53. The lowest BCUT2D eigenvalue weighted by Gasteiger charge is -2.20. The molecule has 0 aliphatic rings. The van der Waals surface area contributed by atoms with Crippen LogP contribution in [0, 0.1) is 0 Å². The van der Waals surface area contributed by atoms with Gasteiger partial charge in [-0.25, -0.2) is 0 Å². The molecule has 2 rings (SSSR count). The van der Waals surface area contributed by atoms with E-state index in [-0.39, 0.29) is 0 Å². The van der Waals surface area contributed by atoms with Crippen molar-refractivity contribution in [2.45, 2.75) is 39.5 Å². The number of phenolic OH excluding ortho intramolecular Hbond substituents is 1. The summed E-state index contributed by atoms with van der Waals surface area (Å²) in [6.07, 6.45) is 0. The zero-order valence-corrected chi connectivity index (χ0v) is 12.1. The molecule has 100 valence electrons. The van der Waals surface area contributed by atoms with E-state index in [0.717, 1.165) is 11.1 Å². The molecule has 0 spiro atoms. The van der Waals surface area contributed by atoms with Crippen molar-refractivity contribution >= 4 is 0 Å². The number of hydrogen-bond acceptors (Lipinski definition) is 1. The minimum Gasteiger partial charge on any atom is -0.507 e. The van der Waals surface area contributed by atoms with Crippen LogP contribution in [0.3, 0.4) is 0 Å². The summed E-state index contributed by atoms with van der Waals surface area (Å²) in [7, 11) is 0. The summed E-state index contributed by atoms with van der Waals surface area (Å²) in [5.74, 6) is 1.28. The van der Waals surface area contributed by atoms with Gasteiger partial charge < -0.3 is 5.11 Å². The minimum atomic E-state index is 0.352. The summed E-state index contributed by atoms with van der Waals surface area (Å²) in [6, 6.07) is 14.0. The zero-order chi connectivity index (χ0) is 14.0. The Morgan fingerprint density at radius 2 is 1.37 bits per heavy atom. The Morgan fingerprint density at radius 3 is 1.95 bits per heavy atom. The first kappa shape index (κ1) is 13.7. The van der Waals surface area contributed by atoms with Gasteiger partial charge in [0.05, 0.1) is 0 Å². The number of phenols is 1. The van der Waals surface area contributed by atoms with Gasteiger partial charge in [-0.1, -0.05) is 64.1 Å². The maximum Gasteiger partial charge on any atom is 0.123 e. The highest BCUT2D eigenvalue weighted by Gasteiger charge is 2.16. The monoisotopic (exact) mass is 254 g/mol. The molecule has 0 aliphatic heterocycles. The Kier molecular flexibility index (Phi) is 3.94. The lowest BCUT2D eigenvalue weighted by molar-refractivity contribution is 0.477. The van der Waals surface area contributed by atoms with Crippen molar-refractivity contribution in [1.82, 2.24) is 0 Å². The first-order chi connectivity index (χ1) is 9.02. The van der Waals surface area contributed by atoms with Crippen molar-refractivity contribution in [3.05, 3.63) is 53.6 Å². The molecule has 0 bridgehead atoms. The van der Waals surface area contributed by atoms with Crippen molar-refractivity contribution in [3.8, 4) is 16.9 Å². The second-order valence-corrected chi connectivity index (χ2v) is 5.64. The Bertz CT molecular complexity index is 568. The van der Waals surface area contributed by atoms with Gasteiger partial charge in [0.25, 0.3) is 0 Å². The minimum absolute atomic E-state index is 0.352. The largest absolute Gasteiger partial charge is 0.507 e. The Morgan fingerprint density at radius 1 is 0.737 bits per heavy atom. The van der Waals surface area contributed by atoms with E-state index in [1.165, 1.54) is 11.1 Å². The molecule has 2 aromatic carbocycles. The van der Waals surface area contributed by atoms with E-state index in [1.54, 1.807) is 6.07 Å². The average Bonchev–Trinajstić information content (AvgIpc) is 2.38. The normalized spacial score (nSPS) is 11.3. The van der Waals surface area contributed by atoms with E-state index in [1.807, 2.05) is 18.2 Å². The molecule has 2 aromatic rings. The van der Waals surface area contributed by atoms with Crippen molar-refractivity contribution < 1.29 is 5.11 Å². The maximum absolute atomic E-state index is 10.1. The van der Waals surface area contributed by atoms with Crippen molar-refractivity contribution in [3.63, 3.8) is 0 Å². The Hall–Kier alpha value is -1.76. The third-order valence-electron chi connectivity index (χ3n) is 3.53. The predicted octanol–water partition coefficient (Wildman–Crippen LogP) is 5.31. The van der Waals surface area contributed by atoms with Gasteiger partial charge in [-0.05, 0) is 34.6 Å². The molecular weight excluding hydrogens is 232 g/mol. The number of rotatable bonds is 3. The summed E-state index contributed by atoms with van der Waals surface area (Å²) in [5.41, 5.74) is 4.79. The molecule has 0 amide bonds. The molecule has 0 saturated carbocycles. The van der Waals surface area contributed by atoms with Crippen LogP contribution >= 0.6 is 0 Å². The zero-order valence-electron chi connectivity index (χ0n) is 12.1. The average molecular weight is 254 g/mol. The van der Waals surface area contributed by atoms with Crippen molar-refractivity contribution in [2.24, 2.45) is 0 Å². The van der Waals surface area contributed by atoms with Crippen LogP contribution in [0.5, 0.6) is 5.75 Å². The molecule has 0 unspecified atom stereocenters. The molecule has 0 fully saturated rings. The number of para-hydroxylation sites is 1. The van der Waals surface area contributed by atoms with Crippen LogP contribution in [0.15, 0.2) is 42.5 Å². The van der Waals surface area contributed by atoms with E-state index >= 15 is 0 Å². The van der Waals surface area contributed by atoms with Gasteiger partial charge in [0, 0.05) is 5.56 Å². The van der Waals surface area contributed by atoms with E-state index < -0.39 is 0 Å². The first-order valence-corrected chi connectivity index (χ1v) is 6.93. The summed E-state index contributed by atoms with van der Waals surface area (Å²) < 4.78 is 0. The van der Waals surface area contributed by atoms with Gasteiger partial charge in [-0.3, -0.25) is 0 Å². The van der Waals surface area contributed by atoms with E-state index in [4.69, 9.17) is 0 Å². The van der Waals surface area contributed by atoms with Crippen LogP contribution in [-0.4, -0.2) is 5.11 Å². The van der Waals surface area contributed by atoms with Gasteiger partial charge in [-0.15, -0.1) is 0 Å². The van der Waals surface area contributed by atoms with E-state index in [9.17, 15) is 5.11 Å². The van der Waals surface area contributed by atoms with Gasteiger partial charge in [0.1, 0.15) is 5.75 Å². The molecule has 1 N–H and O–H groups in total. The lowest BCUT2D eigenvalue weighted by Crippen LogP contribution is -2.01. The molecule has 0 heterocycles. The van der Waals surface area contributed by atoms with Crippen LogP contribution in [-0.2, 0) is 0 Å². The molecular formula is C18H22O. The fraction of sp³-hybridized carbons (Fsp3) is 0.333. The van der Waals surface area contributed by atoms with Gasteiger partial charge in [0.15, 0.2) is 0 Å². The van der Waals surface area contributed by atoms with Gasteiger partial charge in [-0.2, -0.15) is 0 Å². The highest BCUT2D eigenvalue weighted by Crippen LogP contribution is 2.38. The number of aromatic hydroxyl groups is 1. The fourth-order valence-electron chi connectivity index (χ4n) is 2.67. The standard InChI is InChI=1S/C18H22O/c1-12(2)14-9-7-10-16(18(14)13(3)4)15-8-5-6-11-17(15)19/h5-13,19H,1-4H3. The molecule has 0 radical (unpaired) electrons. The van der Waals surface area contributed by atoms with Crippen LogP contribution in [0.2, 0.25) is 0 Å². The Labute approximate surface area is 115 Å². The molecule has 0 aliphatic carbocycles. The SMILES string of the molecule is CC(C)c1cccc(-c2ccccc2O)c1C(C)C. The van der Waals surface area contributed by atoms with Crippen molar-refractivity contribution in [2.75, 3.05) is 0 Å². The summed E-state index contributed by atoms with van der Waals surface area (Å²) in [6.45, 7) is 8.86. The molecule has 0 saturated heterocycles. The van der Waals surface area contributed by atoms with Crippen LogP contribution in [0.1, 0.15) is 50.7 Å². The Balaban J connectivity index is 2.71. The van der Waals surface area contributed by atoms with Crippen LogP contribution in [0.25, 0.3) is 11.1 Å². The first-order valence-electron chi connectivity index (χ1n) is 6.93. The molecule has 1 heteroatoms. The van der Waals surface area contributed by atoms with E-state index in [0.29, 0.717) is 17.6 Å². The molecule has 0 aromatic heterocycles. The molecule has 0 atom stereocenters. The highest BCUT2D eigenvalue weighted by molar-refractivity contribution is 5.74. The second kappa shape index (κ2) is 5.48. The predicted molar refractivity (Wildman–Crippen MR) is 81.7 cm³/mol. The van der Waals surface area contributed by atoms with Gasteiger partial charge >= 0.3 is 0 Å². The summed E-state index contributed by atoms with van der Waals surface area (Å²) >= 11 is 0. The summed E-state index contributed by atoms with van der Waals surface area (Å²) in [4.78, 5) is 0. The lowest BCUT2D eigenvalue weighted by atomic mass is 9.84. The van der Waals surface area contributed by atoms with Crippen LogP contribution < -0.4 is 0 Å². The summed E-state index contributed by atoms with van der Waals surface area (Å²) in [5, 5.41) is 10.1. The smallest absolute Gasteiger partial charge is 0.123 e.